The maximum atomic E-state index is 13.5. The van der Waals surface area contributed by atoms with Gasteiger partial charge < -0.3 is 4.98 Å². The number of fused-ring (bicyclic) bond motifs is 1. The molecule has 1 aromatic heterocycles. The number of para-hydroxylation sites is 1. The monoisotopic (exact) mass is 449 g/mol. The van der Waals surface area contributed by atoms with Gasteiger partial charge in [-0.25, -0.2) is 5.01 Å². The van der Waals surface area contributed by atoms with E-state index in [1.807, 2.05) is 87.5 Å². The highest BCUT2D eigenvalue weighted by Gasteiger charge is 2.34. The lowest BCUT2D eigenvalue weighted by Gasteiger charge is -2.21. The second-order valence-corrected chi connectivity index (χ2v) is 8.89. The van der Waals surface area contributed by atoms with E-state index in [1.165, 1.54) is 0 Å². The van der Waals surface area contributed by atoms with Gasteiger partial charge in [0, 0.05) is 29.3 Å². The average Bonchev–Trinajstić information content (AvgIpc) is 3.28. The SMILES string of the molecule is CCC(=O)N1N=C(c2c(-c3ccc(C)cc3)c3ccccc3[nH]c2=O)C[C@H]1c1cccc(C)c1. The predicted molar refractivity (Wildman–Crippen MR) is 137 cm³/mol. The number of aryl methyl sites for hydroxylation is 2. The third-order valence-electron chi connectivity index (χ3n) is 6.45. The van der Waals surface area contributed by atoms with E-state index in [1.54, 1.807) is 5.01 Å². The first-order chi connectivity index (χ1) is 16.5. The van der Waals surface area contributed by atoms with E-state index in [2.05, 4.69) is 11.1 Å². The van der Waals surface area contributed by atoms with Crippen molar-refractivity contribution in [1.29, 1.82) is 0 Å². The van der Waals surface area contributed by atoms with Gasteiger partial charge in [-0.3, -0.25) is 9.59 Å². The Morgan fingerprint density at radius 2 is 1.74 bits per heavy atom. The van der Waals surface area contributed by atoms with Crippen LogP contribution >= 0.6 is 0 Å². The fourth-order valence-electron chi connectivity index (χ4n) is 4.73. The van der Waals surface area contributed by atoms with Crippen molar-refractivity contribution in [2.45, 2.75) is 39.7 Å². The molecule has 1 N–H and O–H groups in total. The van der Waals surface area contributed by atoms with Crippen molar-refractivity contribution in [3.63, 3.8) is 0 Å². The number of carbonyl (C=O) groups excluding carboxylic acids is 1. The molecule has 34 heavy (non-hydrogen) atoms. The van der Waals surface area contributed by atoms with Crippen LogP contribution in [0.25, 0.3) is 22.0 Å². The fraction of sp³-hybridized carbons (Fsp3) is 0.207. The summed E-state index contributed by atoms with van der Waals surface area (Å²) in [4.78, 5) is 29.4. The number of aromatic nitrogens is 1. The van der Waals surface area contributed by atoms with E-state index in [4.69, 9.17) is 5.10 Å². The van der Waals surface area contributed by atoms with Crippen LogP contribution < -0.4 is 5.56 Å². The minimum atomic E-state index is -0.237. The van der Waals surface area contributed by atoms with Crippen LogP contribution in [0.3, 0.4) is 0 Å². The van der Waals surface area contributed by atoms with E-state index >= 15 is 0 Å². The minimum absolute atomic E-state index is 0.0596. The van der Waals surface area contributed by atoms with Crippen LogP contribution in [0.2, 0.25) is 0 Å². The Hall–Kier alpha value is -3.99. The summed E-state index contributed by atoms with van der Waals surface area (Å²) < 4.78 is 0. The Morgan fingerprint density at radius 3 is 2.47 bits per heavy atom. The number of hydrogen-bond acceptors (Lipinski definition) is 3. The summed E-state index contributed by atoms with van der Waals surface area (Å²) in [6.07, 6.45) is 0.827. The normalized spacial score (nSPS) is 15.6. The van der Waals surface area contributed by atoms with Crippen molar-refractivity contribution in [3.05, 3.63) is 105 Å². The van der Waals surface area contributed by atoms with E-state index in [0.717, 1.165) is 38.7 Å². The van der Waals surface area contributed by atoms with Crippen molar-refractivity contribution in [1.82, 2.24) is 9.99 Å². The number of carbonyl (C=O) groups is 1. The van der Waals surface area contributed by atoms with Crippen LogP contribution in [0.4, 0.5) is 0 Å². The van der Waals surface area contributed by atoms with E-state index in [9.17, 15) is 9.59 Å². The lowest BCUT2D eigenvalue weighted by atomic mass is 9.90. The smallest absolute Gasteiger partial charge is 0.258 e. The molecule has 0 saturated carbocycles. The Morgan fingerprint density at radius 1 is 0.971 bits per heavy atom. The van der Waals surface area contributed by atoms with Crippen LogP contribution in [-0.2, 0) is 4.79 Å². The summed E-state index contributed by atoms with van der Waals surface area (Å²) in [6, 6.07) is 23.9. The van der Waals surface area contributed by atoms with Gasteiger partial charge in [-0.2, -0.15) is 5.10 Å². The quantitative estimate of drug-likeness (QED) is 0.422. The molecule has 5 rings (SSSR count). The zero-order valence-corrected chi connectivity index (χ0v) is 19.6. The van der Waals surface area contributed by atoms with Crippen molar-refractivity contribution < 1.29 is 4.79 Å². The van der Waals surface area contributed by atoms with Crippen LogP contribution in [0.5, 0.6) is 0 Å². The van der Waals surface area contributed by atoms with Gasteiger partial charge in [-0.05, 0) is 31.0 Å². The number of hydrogen-bond donors (Lipinski definition) is 1. The van der Waals surface area contributed by atoms with Crippen molar-refractivity contribution in [3.8, 4) is 11.1 Å². The number of pyridine rings is 1. The van der Waals surface area contributed by atoms with E-state index in [-0.39, 0.29) is 17.5 Å². The van der Waals surface area contributed by atoms with Crippen LogP contribution in [-0.4, -0.2) is 21.6 Å². The number of rotatable bonds is 4. The average molecular weight is 450 g/mol. The molecule has 4 aromatic rings. The number of amides is 1. The molecule has 1 amide bonds. The summed E-state index contributed by atoms with van der Waals surface area (Å²) in [6.45, 7) is 5.92. The van der Waals surface area contributed by atoms with E-state index in [0.29, 0.717) is 24.1 Å². The molecule has 0 unspecified atom stereocenters. The third-order valence-corrected chi connectivity index (χ3v) is 6.45. The molecule has 2 heterocycles. The predicted octanol–water partition coefficient (Wildman–Crippen LogP) is 5.90. The van der Waals surface area contributed by atoms with Crippen molar-refractivity contribution >= 4 is 22.5 Å². The van der Waals surface area contributed by atoms with Crippen LogP contribution in [0.1, 0.15) is 48.1 Å². The van der Waals surface area contributed by atoms with Gasteiger partial charge in [0.15, 0.2) is 0 Å². The van der Waals surface area contributed by atoms with E-state index < -0.39 is 0 Å². The van der Waals surface area contributed by atoms with Gasteiger partial charge in [-0.1, -0.05) is 84.8 Å². The molecule has 5 nitrogen and oxygen atoms in total. The molecular weight excluding hydrogens is 422 g/mol. The Kier molecular flexibility index (Phi) is 5.62. The molecule has 5 heteroatoms. The first-order valence-electron chi connectivity index (χ1n) is 11.6. The number of nitrogens with one attached hydrogen (secondary N) is 1. The Labute approximate surface area is 198 Å². The molecule has 3 aromatic carbocycles. The van der Waals surface area contributed by atoms with Gasteiger partial charge in [-0.15, -0.1) is 0 Å². The van der Waals surface area contributed by atoms with Gasteiger partial charge in [0.1, 0.15) is 0 Å². The zero-order valence-electron chi connectivity index (χ0n) is 19.6. The molecule has 0 aliphatic carbocycles. The van der Waals surface area contributed by atoms with Gasteiger partial charge in [0.05, 0.1) is 17.3 Å². The highest BCUT2D eigenvalue weighted by molar-refractivity contribution is 6.12. The van der Waals surface area contributed by atoms with Crippen molar-refractivity contribution in [2.75, 3.05) is 0 Å². The Balaban J connectivity index is 1.73. The number of hydrazone groups is 1. The maximum Gasteiger partial charge on any atom is 0.258 e. The van der Waals surface area contributed by atoms with Crippen molar-refractivity contribution in [2.24, 2.45) is 5.10 Å². The number of H-pyrrole nitrogens is 1. The summed E-state index contributed by atoms with van der Waals surface area (Å²) in [5.74, 6) is -0.0596. The second-order valence-electron chi connectivity index (χ2n) is 8.89. The Bertz CT molecular complexity index is 1480. The highest BCUT2D eigenvalue weighted by Crippen LogP contribution is 2.37. The lowest BCUT2D eigenvalue weighted by molar-refractivity contribution is -0.132. The minimum Gasteiger partial charge on any atom is -0.321 e. The molecule has 0 spiro atoms. The summed E-state index contributed by atoms with van der Waals surface area (Å²) >= 11 is 0. The van der Waals surface area contributed by atoms with Gasteiger partial charge in [0.2, 0.25) is 5.91 Å². The molecule has 0 bridgehead atoms. The molecule has 1 aliphatic rings. The topological polar surface area (TPSA) is 65.5 Å². The molecular formula is C29H27N3O2. The maximum absolute atomic E-state index is 13.5. The first-order valence-corrected chi connectivity index (χ1v) is 11.6. The molecule has 0 radical (unpaired) electrons. The molecule has 1 atom stereocenters. The number of benzene rings is 3. The number of nitrogens with zero attached hydrogens (tertiary/aromatic N) is 2. The standard InChI is InChI=1S/C29H27N3O2/c1-4-26(33)32-25(21-9-7-8-19(3)16-21)17-24(31-32)28-27(20-14-12-18(2)13-15-20)22-10-5-6-11-23(22)30-29(28)34/h5-16,25H,4,17H2,1-3H3,(H,30,34)/t25-/m0/s1. The lowest BCUT2D eigenvalue weighted by Crippen LogP contribution is -2.26. The molecule has 0 fully saturated rings. The largest absolute Gasteiger partial charge is 0.321 e. The fourth-order valence-corrected chi connectivity index (χ4v) is 4.73. The summed E-state index contributed by atoms with van der Waals surface area (Å²) in [7, 11) is 0. The summed E-state index contributed by atoms with van der Waals surface area (Å²) in [5.41, 5.74) is 6.86. The molecule has 170 valence electrons. The van der Waals surface area contributed by atoms with Gasteiger partial charge >= 0.3 is 0 Å². The van der Waals surface area contributed by atoms with Crippen LogP contribution in [0.15, 0.2) is 82.7 Å². The van der Waals surface area contributed by atoms with Crippen LogP contribution in [0, 0.1) is 13.8 Å². The van der Waals surface area contributed by atoms with Gasteiger partial charge in [0.25, 0.3) is 5.56 Å². The second kappa shape index (κ2) is 8.75. The molecule has 0 saturated heterocycles. The zero-order chi connectivity index (χ0) is 23.8. The first kappa shape index (κ1) is 21.8. The molecule has 1 aliphatic heterocycles. The third kappa shape index (κ3) is 3.83. The summed E-state index contributed by atoms with van der Waals surface area (Å²) in [5, 5.41) is 7.29. The highest BCUT2D eigenvalue weighted by atomic mass is 16.2. The number of aromatic amines is 1.